The summed E-state index contributed by atoms with van der Waals surface area (Å²) in [5.74, 6) is 0.497. The monoisotopic (exact) mass is 593 g/mol. The minimum Gasteiger partial charge on any atom is -0.334 e. The second-order valence-electron chi connectivity index (χ2n) is 14.4. The van der Waals surface area contributed by atoms with Gasteiger partial charge >= 0.3 is 0 Å². The minimum atomic E-state index is -0.363. The molecule has 9 rings (SSSR count). The van der Waals surface area contributed by atoms with Gasteiger partial charge in [0, 0.05) is 17.3 Å². The van der Waals surface area contributed by atoms with Crippen molar-refractivity contribution in [2.24, 2.45) is 5.41 Å². The van der Waals surface area contributed by atoms with Crippen LogP contribution in [0.4, 0.5) is 11.4 Å². The minimum absolute atomic E-state index is 0.0250. The molecular weight excluding hydrogens is 555 g/mol. The molecule has 3 aliphatic rings. The van der Waals surface area contributed by atoms with E-state index in [0.29, 0.717) is 5.92 Å². The van der Waals surface area contributed by atoms with Crippen LogP contribution in [-0.2, 0) is 5.41 Å². The van der Waals surface area contributed by atoms with Gasteiger partial charge < -0.3 is 4.90 Å². The van der Waals surface area contributed by atoms with Crippen LogP contribution in [0, 0.1) is 5.41 Å². The molecule has 0 N–H and O–H groups in total. The Morgan fingerprint density at radius 3 is 1.80 bits per heavy atom. The van der Waals surface area contributed by atoms with Crippen molar-refractivity contribution in [3.63, 3.8) is 0 Å². The fourth-order valence-electron chi connectivity index (χ4n) is 9.51. The van der Waals surface area contributed by atoms with Crippen LogP contribution in [0.3, 0.4) is 0 Å². The van der Waals surface area contributed by atoms with Gasteiger partial charge in [0.25, 0.3) is 0 Å². The maximum Gasteiger partial charge on any atom is 0.0713 e. The third kappa shape index (κ3) is 3.52. The third-order valence-corrected chi connectivity index (χ3v) is 12.0. The molecule has 46 heavy (non-hydrogen) atoms. The molecule has 2 aliphatic carbocycles. The van der Waals surface area contributed by atoms with E-state index in [1.165, 1.54) is 74.3 Å². The summed E-state index contributed by atoms with van der Waals surface area (Å²) in [4.78, 5) is 2.66. The van der Waals surface area contributed by atoms with E-state index >= 15 is 0 Å². The van der Waals surface area contributed by atoms with E-state index in [4.69, 9.17) is 0 Å². The Morgan fingerprint density at radius 1 is 0.543 bits per heavy atom. The highest BCUT2D eigenvalue weighted by molar-refractivity contribution is 5.89. The molecule has 0 bridgehead atoms. The number of benzene rings is 6. The van der Waals surface area contributed by atoms with Gasteiger partial charge in [-0.15, -0.1) is 0 Å². The number of hydrogen-bond donors (Lipinski definition) is 0. The van der Waals surface area contributed by atoms with Gasteiger partial charge in [0.1, 0.15) is 0 Å². The molecule has 6 aromatic rings. The van der Waals surface area contributed by atoms with Gasteiger partial charge in [-0.3, -0.25) is 0 Å². The Kier molecular flexibility index (Phi) is 5.85. The molecule has 2 atom stereocenters. The zero-order valence-corrected chi connectivity index (χ0v) is 26.9. The summed E-state index contributed by atoms with van der Waals surface area (Å²) in [6.07, 6.45) is 2.45. The number of nitrogens with zero attached hydrogens (tertiary/aromatic N) is 1. The number of para-hydroxylation sites is 1. The van der Waals surface area contributed by atoms with E-state index in [1.807, 2.05) is 0 Å². The molecule has 1 aliphatic heterocycles. The van der Waals surface area contributed by atoms with E-state index in [-0.39, 0.29) is 16.4 Å². The van der Waals surface area contributed by atoms with Gasteiger partial charge in [0.15, 0.2) is 0 Å². The van der Waals surface area contributed by atoms with E-state index in [0.717, 1.165) is 0 Å². The van der Waals surface area contributed by atoms with Crippen molar-refractivity contribution in [3.05, 3.63) is 179 Å². The second kappa shape index (κ2) is 9.81. The molecule has 0 aromatic heterocycles. The van der Waals surface area contributed by atoms with Gasteiger partial charge in [0.05, 0.1) is 11.0 Å². The van der Waals surface area contributed by atoms with E-state index in [2.05, 4.69) is 177 Å². The number of hydrogen-bond acceptors (Lipinski definition) is 1. The predicted molar refractivity (Wildman–Crippen MR) is 192 cm³/mol. The van der Waals surface area contributed by atoms with Crippen LogP contribution in [0.2, 0.25) is 0 Å². The van der Waals surface area contributed by atoms with Gasteiger partial charge in [-0.25, -0.2) is 0 Å². The molecule has 0 radical (unpaired) electrons. The summed E-state index contributed by atoms with van der Waals surface area (Å²) in [5.41, 5.74) is 14.6. The van der Waals surface area contributed by atoms with Crippen molar-refractivity contribution in [1.29, 1.82) is 0 Å². The highest BCUT2D eigenvalue weighted by Gasteiger charge is 2.60. The standard InChI is InChI=1S/C45H39N/c1-43(2)28-27-39-38-30-32(24-26-42(38)46(44(39,43)3)35-19-11-6-12-20-35)31-23-25-41-37(29-31)36-21-13-14-22-40(36)45(41,33-15-7-4-8-16-33)34-17-9-5-10-18-34/h4-26,29-30,39H,27-28H2,1-3H3. The lowest BCUT2D eigenvalue weighted by Gasteiger charge is -2.47. The first-order valence-corrected chi connectivity index (χ1v) is 16.8. The normalized spacial score (nSPS) is 21.4. The van der Waals surface area contributed by atoms with E-state index < -0.39 is 0 Å². The topological polar surface area (TPSA) is 3.24 Å². The Morgan fingerprint density at radius 2 is 1.11 bits per heavy atom. The second-order valence-corrected chi connectivity index (χ2v) is 14.4. The summed E-state index contributed by atoms with van der Waals surface area (Å²) >= 11 is 0. The molecule has 1 saturated carbocycles. The molecule has 224 valence electrons. The summed E-state index contributed by atoms with van der Waals surface area (Å²) < 4.78 is 0. The molecule has 1 heteroatoms. The molecule has 6 aromatic carbocycles. The lowest BCUT2D eigenvalue weighted by Crippen LogP contribution is -2.50. The third-order valence-electron chi connectivity index (χ3n) is 12.0. The number of rotatable bonds is 4. The van der Waals surface area contributed by atoms with E-state index in [9.17, 15) is 0 Å². The molecule has 1 heterocycles. The first kappa shape index (κ1) is 27.4. The zero-order chi connectivity index (χ0) is 31.1. The highest BCUT2D eigenvalue weighted by Crippen LogP contribution is 2.66. The Labute approximate surface area is 273 Å². The highest BCUT2D eigenvalue weighted by atomic mass is 15.3. The molecule has 2 unspecified atom stereocenters. The lowest BCUT2D eigenvalue weighted by atomic mass is 9.67. The quantitative estimate of drug-likeness (QED) is 0.196. The van der Waals surface area contributed by atoms with E-state index in [1.54, 1.807) is 0 Å². The lowest BCUT2D eigenvalue weighted by molar-refractivity contribution is 0.222. The number of fused-ring (bicyclic) bond motifs is 6. The van der Waals surface area contributed by atoms with Gasteiger partial charge in [-0.2, -0.15) is 0 Å². The smallest absolute Gasteiger partial charge is 0.0713 e. The predicted octanol–water partition coefficient (Wildman–Crippen LogP) is 11.5. The van der Waals surface area contributed by atoms with Crippen LogP contribution in [0.1, 0.15) is 67.3 Å². The van der Waals surface area contributed by atoms with Gasteiger partial charge in [-0.05, 0) is 106 Å². The van der Waals surface area contributed by atoms with Crippen LogP contribution < -0.4 is 4.90 Å². The van der Waals surface area contributed by atoms with Gasteiger partial charge in [-0.1, -0.05) is 135 Å². The van der Waals surface area contributed by atoms with Crippen molar-refractivity contribution < 1.29 is 0 Å². The summed E-state index contributed by atoms with van der Waals surface area (Å²) in [6.45, 7) is 7.45. The fraction of sp³-hybridized carbons (Fsp3) is 0.200. The van der Waals surface area contributed by atoms with Crippen molar-refractivity contribution in [1.82, 2.24) is 0 Å². The van der Waals surface area contributed by atoms with Crippen molar-refractivity contribution in [2.75, 3.05) is 4.90 Å². The average molecular weight is 594 g/mol. The molecule has 0 saturated heterocycles. The van der Waals surface area contributed by atoms with Crippen LogP contribution in [0.5, 0.6) is 0 Å². The maximum absolute atomic E-state index is 2.66. The van der Waals surface area contributed by atoms with Crippen molar-refractivity contribution in [3.8, 4) is 22.3 Å². The Bertz CT molecular complexity index is 2050. The molecule has 0 amide bonds. The first-order chi connectivity index (χ1) is 22.4. The van der Waals surface area contributed by atoms with Crippen molar-refractivity contribution in [2.45, 2.75) is 50.5 Å². The molecule has 0 spiro atoms. The van der Waals surface area contributed by atoms with Crippen LogP contribution in [0.25, 0.3) is 22.3 Å². The fourth-order valence-corrected chi connectivity index (χ4v) is 9.51. The Balaban J connectivity index is 1.23. The van der Waals surface area contributed by atoms with Crippen LogP contribution in [0.15, 0.2) is 152 Å². The van der Waals surface area contributed by atoms with Crippen LogP contribution in [-0.4, -0.2) is 5.54 Å². The number of anilines is 2. The summed E-state index contributed by atoms with van der Waals surface area (Å²) in [7, 11) is 0. The van der Waals surface area contributed by atoms with Gasteiger partial charge in [0.2, 0.25) is 0 Å². The largest absolute Gasteiger partial charge is 0.334 e. The summed E-state index contributed by atoms with van der Waals surface area (Å²) in [5, 5.41) is 0. The average Bonchev–Trinajstić information content (AvgIpc) is 3.64. The first-order valence-electron chi connectivity index (χ1n) is 16.8. The van der Waals surface area contributed by atoms with Crippen molar-refractivity contribution >= 4 is 11.4 Å². The molecule has 1 nitrogen and oxygen atoms in total. The maximum atomic E-state index is 2.66. The summed E-state index contributed by atoms with van der Waals surface area (Å²) in [6, 6.07) is 56.8. The van der Waals surface area contributed by atoms with Crippen LogP contribution >= 0.6 is 0 Å². The molecule has 1 fully saturated rings. The Hall–Kier alpha value is -4.88. The molecular formula is C45H39N. The zero-order valence-electron chi connectivity index (χ0n) is 26.9. The SMILES string of the molecule is CC1(C)CCC2c3cc(-c4ccc5c(c4)-c4ccccc4C5(c4ccccc4)c4ccccc4)ccc3N(c3ccccc3)C21C.